The van der Waals surface area contributed by atoms with Crippen molar-refractivity contribution in [2.45, 2.75) is 12.5 Å². The SMILES string of the molecule is O=C(Nc1csc(-c2ccccc2)n1)N[C@H]1CCOc2c(Cl)cccc21. The first-order chi connectivity index (χ1) is 12.7. The summed E-state index contributed by atoms with van der Waals surface area (Å²) in [6.07, 6.45) is 0.688. The van der Waals surface area contributed by atoms with Gasteiger partial charge in [0.1, 0.15) is 16.6 Å². The fourth-order valence-electron chi connectivity index (χ4n) is 2.89. The highest BCUT2D eigenvalue weighted by molar-refractivity contribution is 7.13. The van der Waals surface area contributed by atoms with Crippen LogP contribution in [0.15, 0.2) is 53.9 Å². The summed E-state index contributed by atoms with van der Waals surface area (Å²) >= 11 is 7.66. The molecule has 2 N–H and O–H groups in total. The fourth-order valence-corrected chi connectivity index (χ4v) is 3.89. The third-order valence-corrected chi connectivity index (χ3v) is 5.29. The van der Waals surface area contributed by atoms with Crippen molar-refractivity contribution in [2.24, 2.45) is 0 Å². The molecule has 1 atom stereocenters. The maximum absolute atomic E-state index is 12.4. The van der Waals surface area contributed by atoms with E-state index in [1.54, 1.807) is 6.07 Å². The molecule has 0 unspecified atom stereocenters. The van der Waals surface area contributed by atoms with Gasteiger partial charge in [-0.2, -0.15) is 0 Å². The van der Waals surface area contributed by atoms with Gasteiger partial charge in [0, 0.05) is 22.9 Å². The highest BCUT2D eigenvalue weighted by Crippen LogP contribution is 2.37. The molecule has 0 saturated carbocycles. The predicted molar refractivity (Wildman–Crippen MR) is 104 cm³/mol. The quantitative estimate of drug-likeness (QED) is 0.658. The first-order valence-electron chi connectivity index (χ1n) is 8.20. The number of carbonyl (C=O) groups is 1. The Morgan fingerprint density at radius 1 is 1.19 bits per heavy atom. The second kappa shape index (κ2) is 7.35. The van der Waals surface area contributed by atoms with Crippen LogP contribution in [-0.2, 0) is 0 Å². The van der Waals surface area contributed by atoms with Crippen LogP contribution in [0, 0.1) is 0 Å². The highest BCUT2D eigenvalue weighted by atomic mass is 35.5. The molecule has 1 aromatic heterocycles. The van der Waals surface area contributed by atoms with E-state index in [2.05, 4.69) is 15.6 Å². The molecule has 3 aromatic rings. The molecule has 4 rings (SSSR count). The van der Waals surface area contributed by atoms with Crippen LogP contribution in [0.4, 0.5) is 10.6 Å². The van der Waals surface area contributed by atoms with E-state index < -0.39 is 0 Å². The number of amides is 2. The number of anilines is 1. The van der Waals surface area contributed by atoms with E-state index in [4.69, 9.17) is 16.3 Å². The van der Waals surface area contributed by atoms with Crippen molar-refractivity contribution in [1.29, 1.82) is 0 Å². The van der Waals surface area contributed by atoms with Gasteiger partial charge in [0.25, 0.3) is 0 Å². The smallest absolute Gasteiger partial charge is 0.320 e. The van der Waals surface area contributed by atoms with E-state index in [0.717, 1.165) is 16.1 Å². The molecule has 2 aromatic carbocycles. The molecule has 7 heteroatoms. The normalized spacial score (nSPS) is 15.7. The van der Waals surface area contributed by atoms with Gasteiger partial charge in [0.2, 0.25) is 0 Å². The van der Waals surface area contributed by atoms with Crippen molar-refractivity contribution in [3.8, 4) is 16.3 Å². The number of nitrogens with zero attached hydrogens (tertiary/aromatic N) is 1. The van der Waals surface area contributed by atoms with Crippen molar-refractivity contribution < 1.29 is 9.53 Å². The molecule has 0 saturated heterocycles. The number of halogens is 1. The summed E-state index contributed by atoms with van der Waals surface area (Å²) < 4.78 is 5.62. The maximum atomic E-state index is 12.4. The van der Waals surface area contributed by atoms with Gasteiger partial charge in [-0.25, -0.2) is 9.78 Å². The van der Waals surface area contributed by atoms with Crippen LogP contribution in [-0.4, -0.2) is 17.6 Å². The number of thiazole rings is 1. The van der Waals surface area contributed by atoms with Crippen LogP contribution in [0.2, 0.25) is 5.02 Å². The van der Waals surface area contributed by atoms with E-state index in [1.165, 1.54) is 11.3 Å². The number of hydrogen-bond acceptors (Lipinski definition) is 4. The standard InChI is InChI=1S/C19H16ClN3O2S/c20-14-8-4-7-13-15(9-10-25-17(13)14)21-19(24)23-16-11-26-18(22-16)12-5-2-1-3-6-12/h1-8,11,15H,9-10H2,(H2,21,23,24)/t15-/m0/s1. The molecule has 2 heterocycles. The number of hydrogen-bond donors (Lipinski definition) is 2. The zero-order valence-corrected chi connectivity index (χ0v) is 15.3. The van der Waals surface area contributed by atoms with Gasteiger partial charge < -0.3 is 10.1 Å². The van der Waals surface area contributed by atoms with E-state index in [9.17, 15) is 4.79 Å². The summed E-state index contributed by atoms with van der Waals surface area (Å²) in [4.78, 5) is 16.9. The summed E-state index contributed by atoms with van der Waals surface area (Å²) in [5.74, 6) is 1.18. The van der Waals surface area contributed by atoms with E-state index >= 15 is 0 Å². The van der Waals surface area contributed by atoms with Gasteiger partial charge in [-0.15, -0.1) is 11.3 Å². The van der Waals surface area contributed by atoms with Crippen LogP contribution >= 0.6 is 22.9 Å². The van der Waals surface area contributed by atoms with Crippen molar-refractivity contribution >= 4 is 34.8 Å². The minimum absolute atomic E-state index is 0.148. The molecule has 0 aliphatic carbocycles. The van der Waals surface area contributed by atoms with Gasteiger partial charge in [0.15, 0.2) is 0 Å². The first kappa shape index (κ1) is 16.9. The Bertz CT molecular complexity index is 930. The molecule has 2 amide bonds. The molecule has 1 aliphatic rings. The predicted octanol–water partition coefficient (Wildman–Crippen LogP) is 5.11. The molecule has 5 nitrogen and oxygen atoms in total. The van der Waals surface area contributed by atoms with Crippen LogP contribution in [0.25, 0.3) is 10.6 Å². The molecule has 1 aliphatic heterocycles. The molecule has 132 valence electrons. The van der Waals surface area contributed by atoms with Gasteiger partial charge >= 0.3 is 6.03 Å². The number of urea groups is 1. The van der Waals surface area contributed by atoms with Gasteiger partial charge in [0.05, 0.1) is 17.7 Å². The maximum Gasteiger partial charge on any atom is 0.320 e. The summed E-state index contributed by atoms with van der Waals surface area (Å²) in [6.45, 7) is 0.510. The lowest BCUT2D eigenvalue weighted by Crippen LogP contribution is -2.35. The number of rotatable bonds is 3. The van der Waals surface area contributed by atoms with Crippen LogP contribution in [0.1, 0.15) is 18.0 Å². The number of para-hydroxylation sites is 1. The Balaban J connectivity index is 1.44. The fraction of sp³-hybridized carbons (Fsp3) is 0.158. The average Bonchev–Trinajstić information content (AvgIpc) is 3.12. The third-order valence-electron chi connectivity index (χ3n) is 4.10. The van der Waals surface area contributed by atoms with Crippen molar-refractivity contribution in [2.75, 3.05) is 11.9 Å². The number of ether oxygens (including phenoxy) is 1. The molecule has 26 heavy (non-hydrogen) atoms. The number of fused-ring (bicyclic) bond motifs is 1. The Labute approximate surface area is 160 Å². The van der Waals surface area contributed by atoms with E-state index in [-0.39, 0.29) is 12.1 Å². The number of nitrogens with one attached hydrogen (secondary N) is 2. The lowest BCUT2D eigenvalue weighted by Gasteiger charge is -2.27. The zero-order valence-electron chi connectivity index (χ0n) is 13.7. The summed E-state index contributed by atoms with van der Waals surface area (Å²) in [5.41, 5.74) is 1.92. The van der Waals surface area contributed by atoms with Crippen molar-refractivity contribution in [3.05, 3.63) is 64.5 Å². The van der Waals surface area contributed by atoms with Gasteiger partial charge in [-0.05, 0) is 6.07 Å². The van der Waals surface area contributed by atoms with Gasteiger partial charge in [-0.3, -0.25) is 5.32 Å². The second-order valence-corrected chi connectivity index (χ2v) is 7.12. The number of carbonyl (C=O) groups excluding carboxylic acids is 1. The number of aromatic nitrogens is 1. The lowest BCUT2D eigenvalue weighted by molar-refractivity contribution is 0.232. The molecule has 0 spiro atoms. The summed E-state index contributed by atoms with van der Waals surface area (Å²) in [6, 6.07) is 15.0. The average molecular weight is 386 g/mol. The Morgan fingerprint density at radius 2 is 2.04 bits per heavy atom. The first-order valence-corrected chi connectivity index (χ1v) is 9.46. The second-order valence-electron chi connectivity index (χ2n) is 5.85. The monoisotopic (exact) mass is 385 g/mol. The van der Waals surface area contributed by atoms with Gasteiger partial charge in [-0.1, -0.05) is 54.1 Å². The molecule has 0 fully saturated rings. The Kier molecular flexibility index (Phi) is 4.77. The lowest BCUT2D eigenvalue weighted by atomic mass is 10.0. The highest BCUT2D eigenvalue weighted by Gasteiger charge is 2.24. The van der Waals surface area contributed by atoms with Crippen LogP contribution < -0.4 is 15.4 Å². The minimum Gasteiger partial charge on any atom is -0.492 e. The molecule has 0 radical (unpaired) electrons. The Hall–Kier alpha value is -2.57. The van der Waals surface area contributed by atoms with E-state index in [0.29, 0.717) is 29.6 Å². The van der Waals surface area contributed by atoms with Crippen LogP contribution in [0.5, 0.6) is 5.75 Å². The zero-order chi connectivity index (χ0) is 17.9. The summed E-state index contributed by atoms with van der Waals surface area (Å²) in [5, 5.41) is 9.03. The Morgan fingerprint density at radius 3 is 2.88 bits per heavy atom. The summed E-state index contributed by atoms with van der Waals surface area (Å²) in [7, 11) is 0. The third kappa shape index (κ3) is 3.52. The van der Waals surface area contributed by atoms with E-state index in [1.807, 2.05) is 47.8 Å². The topological polar surface area (TPSA) is 63.2 Å². The molecular formula is C19H16ClN3O2S. The van der Waals surface area contributed by atoms with Crippen LogP contribution in [0.3, 0.4) is 0 Å². The minimum atomic E-state index is -0.298. The van der Waals surface area contributed by atoms with Crippen molar-refractivity contribution in [3.63, 3.8) is 0 Å². The molecule has 0 bridgehead atoms. The molecular weight excluding hydrogens is 370 g/mol. The largest absolute Gasteiger partial charge is 0.492 e. The van der Waals surface area contributed by atoms with Crippen molar-refractivity contribution in [1.82, 2.24) is 10.3 Å². The number of benzene rings is 2.